The van der Waals surface area contributed by atoms with Crippen molar-refractivity contribution in [2.75, 3.05) is 26.4 Å². The van der Waals surface area contributed by atoms with E-state index < -0.39 is 10.0 Å². The highest BCUT2D eigenvalue weighted by molar-refractivity contribution is 7.89. The summed E-state index contributed by atoms with van der Waals surface area (Å²) in [6, 6.07) is 6.55. The average molecular weight is 285 g/mol. The molecule has 1 aliphatic heterocycles. The molecule has 0 spiro atoms. The Bertz CT molecular complexity index is 512. The molecule has 5 nitrogen and oxygen atoms in total. The molecule has 1 heterocycles. The highest BCUT2D eigenvalue weighted by Gasteiger charge is 2.31. The van der Waals surface area contributed by atoms with Gasteiger partial charge in [-0.25, -0.2) is 8.42 Å². The first-order chi connectivity index (χ1) is 9.05. The van der Waals surface area contributed by atoms with Gasteiger partial charge in [-0.3, -0.25) is 0 Å². The third kappa shape index (κ3) is 3.14. The molecule has 1 unspecified atom stereocenters. The molecule has 0 saturated carbocycles. The van der Waals surface area contributed by atoms with E-state index in [4.69, 9.17) is 9.84 Å². The predicted molar refractivity (Wildman–Crippen MR) is 71.4 cm³/mol. The first kappa shape index (κ1) is 14.5. The Hall–Kier alpha value is -0.950. The Morgan fingerprint density at radius 3 is 2.63 bits per heavy atom. The Balaban J connectivity index is 2.23. The molecule has 0 radical (unpaired) electrons. The minimum atomic E-state index is -3.45. The number of benzene rings is 1. The number of ether oxygens (including phenoxy) is 1. The molecule has 19 heavy (non-hydrogen) atoms. The fourth-order valence-corrected chi connectivity index (χ4v) is 3.76. The number of aliphatic hydroxyl groups is 1. The van der Waals surface area contributed by atoms with Gasteiger partial charge in [0.2, 0.25) is 10.0 Å². The number of aliphatic hydroxyl groups excluding tert-OH is 1. The van der Waals surface area contributed by atoms with Crippen LogP contribution in [-0.4, -0.2) is 50.2 Å². The van der Waals surface area contributed by atoms with Gasteiger partial charge in [0.05, 0.1) is 18.1 Å². The molecule has 0 aromatic heterocycles. The van der Waals surface area contributed by atoms with Gasteiger partial charge in [-0.05, 0) is 31.0 Å². The zero-order valence-electron chi connectivity index (χ0n) is 10.9. The summed E-state index contributed by atoms with van der Waals surface area (Å²) in [6.07, 6.45) is 0.536. The van der Waals surface area contributed by atoms with E-state index in [1.165, 1.54) is 4.31 Å². The number of hydrogen-bond acceptors (Lipinski definition) is 4. The van der Waals surface area contributed by atoms with Crippen LogP contribution < -0.4 is 0 Å². The fraction of sp³-hybridized carbons (Fsp3) is 0.538. The molecule has 2 rings (SSSR count). The first-order valence-electron chi connectivity index (χ1n) is 6.35. The van der Waals surface area contributed by atoms with Crippen molar-refractivity contribution in [1.82, 2.24) is 4.31 Å². The lowest BCUT2D eigenvalue weighted by molar-refractivity contribution is 0.0393. The summed E-state index contributed by atoms with van der Waals surface area (Å²) < 4.78 is 31.7. The van der Waals surface area contributed by atoms with Crippen molar-refractivity contribution in [1.29, 1.82) is 0 Å². The number of rotatable bonds is 4. The van der Waals surface area contributed by atoms with E-state index in [1.807, 2.05) is 6.92 Å². The minimum Gasteiger partial charge on any atom is -0.396 e. The normalized spacial score (nSPS) is 21.5. The minimum absolute atomic E-state index is 0.0621. The van der Waals surface area contributed by atoms with Crippen molar-refractivity contribution in [3.63, 3.8) is 0 Å². The molecular weight excluding hydrogens is 266 g/mol. The average Bonchev–Trinajstić information content (AvgIpc) is 2.40. The van der Waals surface area contributed by atoms with Gasteiger partial charge >= 0.3 is 0 Å². The third-order valence-electron chi connectivity index (χ3n) is 3.24. The van der Waals surface area contributed by atoms with E-state index in [0.717, 1.165) is 5.56 Å². The zero-order chi connectivity index (χ0) is 13.9. The molecule has 1 aromatic carbocycles. The molecule has 6 heteroatoms. The zero-order valence-corrected chi connectivity index (χ0v) is 11.8. The second-order valence-electron chi connectivity index (χ2n) is 4.66. The number of sulfonamides is 1. The van der Waals surface area contributed by atoms with Crippen LogP contribution in [0.15, 0.2) is 29.2 Å². The number of morpholine rings is 1. The van der Waals surface area contributed by atoms with Gasteiger partial charge in [0.25, 0.3) is 0 Å². The van der Waals surface area contributed by atoms with E-state index in [0.29, 0.717) is 31.1 Å². The van der Waals surface area contributed by atoms with Crippen molar-refractivity contribution in [3.8, 4) is 0 Å². The van der Waals surface area contributed by atoms with Crippen LogP contribution in [0.1, 0.15) is 12.5 Å². The van der Waals surface area contributed by atoms with Crippen molar-refractivity contribution in [2.24, 2.45) is 0 Å². The molecule has 0 aliphatic carbocycles. The molecule has 0 bridgehead atoms. The second-order valence-corrected chi connectivity index (χ2v) is 6.55. The molecule has 1 aliphatic rings. The van der Waals surface area contributed by atoms with Crippen LogP contribution >= 0.6 is 0 Å². The Kier molecular flexibility index (Phi) is 4.57. The smallest absolute Gasteiger partial charge is 0.243 e. The summed E-state index contributed by atoms with van der Waals surface area (Å²) >= 11 is 0. The van der Waals surface area contributed by atoms with E-state index in [2.05, 4.69) is 0 Å². The molecule has 0 amide bonds. The van der Waals surface area contributed by atoms with Crippen LogP contribution in [-0.2, 0) is 21.2 Å². The first-order valence-corrected chi connectivity index (χ1v) is 7.79. The molecule has 1 atom stereocenters. The lowest BCUT2D eigenvalue weighted by Gasteiger charge is -2.32. The van der Waals surface area contributed by atoms with Crippen molar-refractivity contribution in [3.05, 3.63) is 29.8 Å². The highest BCUT2D eigenvalue weighted by Crippen LogP contribution is 2.20. The SMILES string of the molecule is CC1COCCN1S(=O)(=O)c1ccc(CCO)cc1. The van der Waals surface area contributed by atoms with Crippen LogP contribution in [0.3, 0.4) is 0 Å². The highest BCUT2D eigenvalue weighted by atomic mass is 32.2. The summed E-state index contributed by atoms with van der Waals surface area (Å²) in [6.45, 7) is 3.17. The van der Waals surface area contributed by atoms with Gasteiger partial charge in [0.1, 0.15) is 0 Å². The number of nitrogens with zero attached hydrogens (tertiary/aromatic N) is 1. The molecule has 1 aromatic rings. The van der Waals surface area contributed by atoms with Crippen LogP contribution in [0.25, 0.3) is 0 Å². The van der Waals surface area contributed by atoms with Crippen LogP contribution in [0.5, 0.6) is 0 Å². The maximum atomic E-state index is 12.5. The Morgan fingerprint density at radius 2 is 2.05 bits per heavy atom. The largest absolute Gasteiger partial charge is 0.396 e. The fourth-order valence-electron chi connectivity index (χ4n) is 2.16. The summed E-state index contributed by atoms with van der Waals surface area (Å²) in [5.41, 5.74) is 0.927. The van der Waals surface area contributed by atoms with Crippen LogP contribution in [0, 0.1) is 0 Å². The van der Waals surface area contributed by atoms with E-state index >= 15 is 0 Å². The van der Waals surface area contributed by atoms with Gasteiger partial charge in [0, 0.05) is 19.2 Å². The van der Waals surface area contributed by atoms with Gasteiger partial charge in [0.15, 0.2) is 0 Å². The summed E-state index contributed by atoms with van der Waals surface area (Å²) in [5.74, 6) is 0. The van der Waals surface area contributed by atoms with Gasteiger partial charge < -0.3 is 9.84 Å². The molecule has 106 valence electrons. The molecule has 1 N–H and O–H groups in total. The second kappa shape index (κ2) is 6.00. The number of hydrogen-bond donors (Lipinski definition) is 1. The standard InChI is InChI=1S/C13H19NO4S/c1-11-10-18-9-7-14(11)19(16,17)13-4-2-12(3-5-13)6-8-15/h2-5,11,15H,6-10H2,1H3. The van der Waals surface area contributed by atoms with Gasteiger partial charge in [-0.15, -0.1) is 0 Å². The summed E-state index contributed by atoms with van der Waals surface area (Å²) in [4.78, 5) is 0.294. The van der Waals surface area contributed by atoms with E-state index in [-0.39, 0.29) is 12.6 Å². The maximum Gasteiger partial charge on any atom is 0.243 e. The van der Waals surface area contributed by atoms with E-state index in [1.54, 1.807) is 24.3 Å². The van der Waals surface area contributed by atoms with Gasteiger partial charge in [-0.2, -0.15) is 4.31 Å². The summed E-state index contributed by atoms with van der Waals surface area (Å²) in [5, 5.41) is 8.85. The van der Waals surface area contributed by atoms with Crippen molar-refractivity contribution in [2.45, 2.75) is 24.3 Å². The predicted octanol–water partition coefficient (Wildman–Crippen LogP) is 0.631. The molecule has 1 saturated heterocycles. The quantitative estimate of drug-likeness (QED) is 0.881. The lowest BCUT2D eigenvalue weighted by atomic mass is 10.2. The van der Waals surface area contributed by atoms with E-state index in [9.17, 15) is 8.42 Å². The Labute approximate surface area is 113 Å². The maximum absolute atomic E-state index is 12.5. The molecule has 1 fully saturated rings. The van der Waals surface area contributed by atoms with Crippen molar-refractivity contribution < 1.29 is 18.3 Å². The topological polar surface area (TPSA) is 66.8 Å². The van der Waals surface area contributed by atoms with Gasteiger partial charge in [-0.1, -0.05) is 12.1 Å². The van der Waals surface area contributed by atoms with Crippen LogP contribution in [0.2, 0.25) is 0 Å². The summed E-state index contributed by atoms with van der Waals surface area (Å²) in [7, 11) is -3.45. The third-order valence-corrected chi connectivity index (χ3v) is 5.26. The van der Waals surface area contributed by atoms with Crippen LogP contribution in [0.4, 0.5) is 0 Å². The molecular formula is C13H19NO4S. The Morgan fingerprint density at radius 1 is 1.37 bits per heavy atom. The monoisotopic (exact) mass is 285 g/mol. The van der Waals surface area contributed by atoms with Crippen molar-refractivity contribution >= 4 is 10.0 Å². The lowest BCUT2D eigenvalue weighted by Crippen LogP contribution is -2.46.